The molecule has 0 aliphatic carbocycles. The number of hydrogen-bond donors (Lipinski definition) is 1. The number of hydrogen-bond acceptors (Lipinski definition) is 2. The predicted molar refractivity (Wildman–Crippen MR) is 119 cm³/mol. The molecule has 31 heavy (non-hydrogen) atoms. The van der Waals surface area contributed by atoms with Crippen LogP contribution in [0.5, 0.6) is 5.75 Å². The highest BCUT2D eigenvalue weighted by molar-refractivity contribution is 5.88. The summed E-state index contributed by atoms with van der Waals surface area (Å²) in [6, 6.07) is 24.7. The largest absolute Gasteiger partial charge is 0.508 e. The van der Waals surface area contributed by atoms with E-state index in [1.807, 2.05) is 60.7 Å². The van der Waals surface area contributed by atoms with Crippen molar-refractivity contribution in [1.29, 1.82) is 0 Å². The monoisotopic (exact) mass is 415 g/mol. The second-order valence-electron chi connectivity index (χ2n) is 8.09. The fourth-order valence-corrected chi connectivity index (χ4v) is 4.93. The van der Waals surface area contributed by atoms with Gasteiger partial charge in [0.05, 0.1) is 6.04 Å². The van der Waals surface area contributed by atoms with Crippen molar-refractivity contribution in [3.63, 3.8) is 0 Å². The average molecular weight is 415 g/mol. The van der Waals surface area contributed by atoms with Gasteiger partial charge < -0.3 is 5.11 Å². The highest BCUT2D eigenvalue weighted by atomic mass is 19.1. The van der Waals surface area contributed by atoms with Gasteiger partial charge in [0.25, 0.3) is 0 Å². The summed E-state index contributed by atoms with van der Waals surface area (Å²) < 4.78 is 28.8. The quantitative estimate of drug-likeness (QED) is 0.398. The molecule has 0 bridgehead atoms. The van der Waals surface area contributed by atoms with E-state index in [1.165, 1.54) is 12.1 Å². The Kier molecular flexibility index (Phi) is 5.16. The van der Waals surface area contributed by atoms with Crippen LogP contribution in [0.4, 0.5) is 8.78 Å². The fraction of sp³-hybridized carbons (Fsp3) is 0.185. The summed E-state index contributed by atoms with van der Waals surface area (Å²) in [6.07, 6.45) is 1.60. The molecular weight excluding hydrogens is 392 g/mol. The van der Waals surface area contributed by atoms with Crippen molar-refractivity contribution >= 4 is 10.8 Å². The standard InChI is InChI=1S/C27H23F2NO/c28-20-13-14-23(29)22(17-20)24-11-6-16-30(24)27(19-8-2-1-3-9-19)26-21-10-5-4-7-18(21)12-15-25(26)31/h1-5,7-10,12-15,17,24,27,31H,6,11,16H2/t24-,27?/m1/s1. The maximum Gasteiger partial charge on any atom is 0.128 e. The Morgan fingerprint density at radius 2 is 1.65 bits per heavy atom. The van der Waals surface area contributed by atoms with Gasteiger partial charge in [0.1, 0.15) is 17.4 Å². The molecule has 0 saturated carbocycles. The van der Waals surface area contributed by atoms with Gasteiger partial charge in [-0.25, -0.2) is 8.78 Å². The van der Waals surface area contributed by atoms with E-state index >= 15 is 0 Å². The number of rotatable bonds is 4. The van der Waals surface area contributed by atoms with Crippen LogP contribution in [0.1, 0.15) is 41.6 Å². The van der Waals surface area contributed by atoms with E-state index in [0.717, 1.165) is 47.4 Å². The molecule has 5 rings (SSSR count). The Morgan fingerprint density at radius 1 is 0.871 bits per heavy atom. The molecule has 0 amide bonds. The molecule has 1 aliphatic rings. The van der Waals surface area contributed by atoms with E-state index < -0.39 is 11.6 Å². The molecule has 1 fully saturated rings. The lowest BCUT2D eigenvalue weighted by Gasteiger charge is -2.35. The third-order valence-electron chi connectivity index (χ3n) is 6.28. The van der Waals surface area contributed by atoms with E-state index in [0.29, 0.717) is 5.56 Å². The lowest BCUT2D eigenvalue weighted by molar-refractivity contribution is 0.202. The number of phenols is 1. The molecule has 1 saturated heterocycles. The molecule has 1 N–H and O–H groups in total. The van der Waals surface area contributed by atoms with Crippen LogP contribution in [0.25, 0.3) is 10.8 Å². The summed E-state index contributed by atoms with van der Waals surface area (Å²) in [5, 5.41) is 13.0. The van der Waals surface area contributed by atoms with Crippen LogP contribution in [-0.4, -0.2) is 16.6 Å². The van der Waals surface area contributed by atoms with Crippen LogP contribution in [-0.2, 0) is 0 Å². The molecule has 156 valence electrons. The van der Waals surface area contributed by atoms with Crippen molar-refractivity contribution in [1.82, 2.24) is 4.90 Å². The first-order valence-electron chi connectivity index (χ1n) is 10.6. The van der Waals surface area contributed by atoms with E-state index in [-0.39, 0.29) is 17.8 Å². The Labute approximate surface area is 180 Å². The number of aromatic hydroxyl groups is 1. The first kappa shape index (κ1) is 19.7. The first-order valence-corrected chi connectivity index (χ1v) is 10.6. The van der Waals surface area contributed by atoms with Crippen LogP contribution < -0.4 is 0 Å². The molecule has 0 aromatic heterocycles. The zero-order chi connectivity index (χ0) is 21.4. The second-order valence-corrected chi connectivity index (χ2v) is 8.09. The van der Waals surface area contributed by atoms with Crippen LogP contribution >= 0.6 is 0 Å². The number of benzene rings is 4. The van der Waals surface area contributed by atoms with Crippen molar-refractivity contribution in [3.05, 3.63) is 113 Å². The molecule has 4 aromatic carbocycles. The second kappa shape index (κ2) is 8.12. The van der Waals surface area contributed by atoms with Crippen LogP contribution in [0.3, 0.4) is 0 Å². The van der Waals surface area contributed by atoms with E-state index in [2.05, 4.69) is 4.90 Å². The third-order valence-corrected chi connectivity index (χ3v) is 6.28. The zero-order valence-corrected chi connectivity index (χ0v) is 17.0. The molecule has 1 heterocycles. The molecule has 4 heteroatoms. The lowest BCUT2D eigenvalue weighted by Crippen LogP contribution is -2.30. The number of halogens is 2. The van der Waals surface area contributed by atoms with Gasteiger partial charge in [-0.2, -0.15) is 0 Å². The van der Waals surface area contributed by atoms with Crippen molar-refractivity contribution < 1.29 is 13.9 Å². The van der Waals surface area contributed by atoms with Gasteiger partial charge in [-0.05, 0) is 60.0 Å². The van der Waals surface area contributed by atoms with Gasteiger partial charge in [0, 0.05) is 17.2 Å². The van der Waals surface area contributed by atoms with Crippen LogP contribution in [0.15, 0.2) is 84.9 Å². The molecule has 0 radical (unpaired) electrons. The first-order chi connectivity index (χ1) is 15.1. The summed E-state index contributed by atoms with van der Waals surface area (Å²) >= 11 is 0. The van der Waals surface area contributed by atoms with Gasteiger partial charge in [-0.3, -0.25) is 4.90 Å². The maximum absolute atomic E-state index is 14.8. The normalized spacial score (nSPS) is 17.8. The summed E-state index contributed by atoms with van der Waals surface area (Å²) in [7, 11) is 0. The minimum atomic E-state index is -0.437. The summed E-state index contributed by atoms with van der Waals surface area (Å²) in [5.41, 5.74) is 2.18. The topological polar surface area (TPSA) is 23.5 Å². The predicted octanol–water partition coefficient (Wildman–Crippen LogP) is 6.75. The van der Waals surface area contributed by atoms with E-state index in [1.54, 1.807) is 6.07 Å². The average Bonchev–Trinajstić information content (AvgIpc) is 3.27. The van der Waals surface area contributed by atoms with Crippen molar-refractivity contribution in [2.24, 2.45) is 0 Å². The van der Waals surface area contributed by atoms with Crippen molar-refractivity contribution in [2.45, 2.75) is 24.9 Å². The molecule has 1 aliphatic heterocycles. The van der Waals surface area contributed by atoms with Gasteiger partial charge in [-0.1, -0.05) is 60.7 Å². The Balaban J connectivity index is 1.72. The van der Waals surface area contributed by atoms with Crippen molar-refractivity contribution in [2.75, 3.05) is 6.54 Å². The minimum Gasteiger partial charge on any atom is -0.508 e. The summed E-state index contributed by atoms with van der Waals surface area (Å²) in [4.78, 5) is 2.20. The molecule has 0 spiro atoms. The molecule has 1 unspecified atom stereocenters. The number of nitrogens with zero attached hydrogens (tertiary/aromatic N) is 1. The Bertz CT molecular complexity index is 1220. The molecule has 2 atom stereocenters. The van der Waals surface area contributed by atoms with Gasteiger partial charge in [0.2, 0.25) is 0 Å². The minimum absolute atomic E-state index is 0.206. The number of fused-ring (bicyclic) bond motifs is 1. The highest BCUT2D eigenvalue weighted by Crippen LogP contribution is 2.46. The number of phenolic OH excluding ortho intramolecular Hbond substituents is 1. The smallest absolute Gasteiger partial charge is 0.128 e. The molecule has 4 aromatic rings. The number of likely N-dealkylation sites (tertiary alicyclic amines) is 1. The van der Waals surface area contributed by atoms with Gasteiger partial charge in [0.15, 0.2) is 0 Å². The lowest BCUT2D eigenvalue weighted by atomic mass is 9.90. The summed E-state index contributed by atoms with van der Waals surface area (Å²) in [6.45, 7) is 0.725. The van der Waals surface area contributed by atoms with Crippen molar-refractivity contribution in [3.8, 4) is 5.75 Å². The Hall–Kier alpha value is -3.24. The van der Waals surface area contributed by atoms with Gasteiger partial charge in [-0.15, -0.1) is 0 Å². The summed E-state index contributed by atoms with van der Waals surface area (Å²) in [5.74, 6) is -0.627. The highest BCUT2D eigenvalue weighted by Gasteiger charge is 2.36. The van der Waals surface area contributed by atoms with E-state index in [9.17, 15) is 13.9 Å². The van der Waals surface area contributed by atoms with E-state index in [4.69, 9.17) is 0 Å². The third kappa shape index (κ3) is 3.57. The van der Waals surface area contributed by atoms with Gasteiger partial charge >= 0.3 is 0 Å². The molecular formula is C27H23F2NO. The molecule has 2 nitrogen and oxygen atoms in total. The van der Waals surface area contributed by atoms with Crippen LogP contribution in [0.2, 0.25) is 0 Å². The Morgan fingerprint density at radius 3 is 2.48 bits per heavy atom. The maximum atomic E-state index is 14.8. The zero-order valence-electron chi connectivity index (χ0n) is 17.0. The fourth-order valence-electron chi connectivity index (χ4n) is 4.93. The van der Waals surface area contributed by atoms with Crippen LogP contribution in [0, 0.1) is 11.6 Å². The SMILES string of the molecule is Oc1ccc2ccccc2c1C(c1ccccc1)N1CCC[C@@H]1c1cc(F)ccc1F.